The lowest BCUT2D eigenvalue weighted by Crippen LogP contribution is -2.48. The van der Waals surface area contributed by atoms with Crippen molar-refractivity contribution in [2.24, 2.45) is 5.92 Å². The number of hydrogen-bond acceptors (Lipinski definition) is 3. The number of benzene rings is 1. The Morgan fingerprint density at radius 1 is 1.19 bits per heavy atom. The Morgan fingerprint density at radius 3 is 2.33 bits per heavy atom. The fraction of sp³-hybridized carbons (Fsp3) is 0.467. The minimum absolute atomic E-state index is 0. The third-order valence-corrected chi connectivity index (χ3v) is 3.34. The number of carbonyl (C=O) groups is 2. The lowest BCUT2D eigenvalue weighted by molar-refractivity contribution is 0.0942. The Hall–Kier alpha value is -1.59. The highest BCUT2D eigenvalue weighted by Gasteiger charge is 2.18. The molecule has 0 bridgehead atoms. The smallest absolute Gasteiger partial charge is 0.251 e. The van der Waals surface area contributed by atoms with Crippen molar-refractivity contribution in [1.29, 1.82) is 0 Å². The number of amides is 2. The van der Waals surface area contributed by atoms with Crippen LogP contribution in [0.5, 0.6) is 0 Å². The van der Waals surface area contributed by atoms with Gasteiger partial charge in [0.25, 0.3) is 11.8 Å². The fourth-order valence-electron chi connectivity index (χ4n) is 1.97. The summed E-state index contributed by atoms with van der Waals surface area (Å²) in [4.78, 5) is 23.9. The molecule has 2 amide bonds. The lowest BCUT2D eigenvalue weighted by atomic mass is 10.0. The molecule has 0 aliphatic carbocycles. The highest BCUT2D eigenvalue weighted by molar-refractivity contribution is 5.99. The molecular formula is C15H22ClN3O2. The molecule has 0 atom stereocenters. The molecule has 1 fully saturated rings. The summed E-state index contributed by atoms with van der Waals surface area (Å²) in [5, 5.41) is 8.87. The first-order valence-corrected chi connectivity index (χ1v) is 7.08. The van der Waals surface area contributed by atoms with Crippen molar-refractivity contribution in [1.82, 2.24) is 16.0 Å². The van der Waals surface area contributed by atoms with Crippen LogP contribution in [0.25, 0.3) is 0 Å². The molecule has 1 saturated heterocycles. The van der Waals surface area contributed by atoms with Gasteiger partial charge in [0.15, 0.2) is 0 Å². The third kappa shape index (κ3) is 5.02. The van der Waals surface area contributed by atoms with Crippen LogP contribution in [0.2, 0.25) is 0 Å². The van der Waals surface area contributed by atoms with E-state index in [1.165, 1.54) is 0 Å². The first kappa shape index (κ1) is 17.5. The summed E-state index contributed by atoms with van der Waals surface area (Å²) in [5.41, 5.74) is 1.05. The zero-order chi connectivity index (χ0) is 14.4. The number of rotatable bonds is 6. The maximum atomic E-state index is 12.0. The Kier molecular flexibility index (Phi) is 7.19. The van der Waals surface area contributed by atoms with Crippen LogP contribution in [0.1, 0.15) is 34.1 Å². The average Bonchev–Trinajstić information content (AvgIpc) is 2.43. The van der Waals surface area contributed by atoms with Gasteiger partial charge in [-0.3, -0.25) is 9.59 Å². The predicted octanol–water partition coefficient (Wildman–Crippen LogP) is 1.20. The summed E-state index contributed by atoms with van der Waals surface area (Å²) in [6.07, 6.45) is 0.890. The monoisotopic (exact) mass is 311 g/mol. The Balaban J connectivity index is 0.00000220. The van der Waals surface area contributed by atoms with Crippen LogP contribution in [0, 0.1) is 5.92 Å². The number of halogens is 1. The summed E-state index contributed by atoms with van der Waals surface area (Å²) in [5.74, 6) is 0.265. The van der Waals surface area contributed by atoms with Gasteiger partial charge < -0.3 is 16.0 Å². The van der Waals surface area contributed by atoms with Gasteiger partial charge in [-0.2, -0.15) is 0 Å². The second-order valence-electron chi connectivity index (χ2n) is 5.07. The fourth-order valence-corrected chi connectivity index (χ4v) is 1.97. The zero-order valence-corrected chi connectivity index (χ0v) is 13.0. The standard InChI is InChI=1S/C15H21N3O2.ClH/c1-2-6-17-14(19)12-4-3-5-13(7-12)15(20)18-10-11-8-16-9-11;/h3-5,7,11,16H,2,6,8-10H2,1H3,(H,17,19)(H,18,20);1H. The molecule has 0 saturated carbocycles. The van der Waals surface area contributed by atoms with Gasteiger partial charge in [-0.05, 0) is 24.6 Å². The van der Waals surface area contributed by atoms with E-state index in [4.69, 9.17) is 0 Å². The van der Waals surface area contributed by atoms with Crippen molar-refractivity contribution in [3.05, 3.63) is 35.4 Å². The van der Waals surface area contributed by atoms with Crippen LogP contribution in [-0.2, 0) is 0 Å². The molecule has 1 aliphatic rings. The van der Waals surface area contributed by atoms with Crippen molar-refractivity contribution in [3.8, 4) is 0 Å². The van der Waals surface area contributed by atoms with Gasteiger partial charge in [0.2, 0.25) is 0 Å². The van der Waals surface area contributed by atoms with Gasteiger partial charge in [-0.15, -0.1) is 12.4 Å². The van der Waals surface area contributed by atoms with E-state index in [-0.39, 0.29) is 24.2 Å². The third-order valence-electron chi connectivity index (χ3n) is 3.34. The predicted molar refractivity (Wildman–Crippen MR) is 85.0 cm³/mol. The second-order valence-corrected chi connectivity index (χ2v) is 5.07. The van der Waals surface area contributed by atoms with E-state index in [0.29, 0.717) is 30.1 Å². The number of nitrogens with one attached hydrogen (secondary N) is 3. The normalized spacial score (nSPS) is 13.8. The van der Waals surface area contributed by atoms with Crippen molar-refractivity contribution >= 4 is 24.2 Å². The van der Waals surface area contributed by atoms with Crippen LogP contribution in [0.4, 0.5) is 0 Å². The highest BCUT2D eigenvalue weighted by atomic mass is 35.5. The first-order chi connectivity index (χ1) is 9.70. The Morgan fingerprint density at radius 2 is 1.81 bits per heavy atom. The molecule has 6 heteroatoms. The van der Waals surface area contributed by atoms with Crippen LogP contribution >= 0.6 is 12.4 Å². The van der Waals surface area contributed by atoms with Crippen molar-refractivity contribution in [2.45, 2.75) is 13.3 Å². The lowest BCUT2D eigenvalue weighted by Gasteiger charge is -2.27. The van der Waals surface area contributed by atoms with Gasteiger partial charge in [-0.1, -0.05) is 13.0 Å². The van der Waals surface area contributed by atoms with E-state index >= 15 is 0 Å². The van der Waals surface area contributed by atoms with Crippen molar-refractivity contribution in [3.63, 3.8) is 0 Å². The molecule has 5 nitrogen and oxygen atoms in total. The molecule has 116 valence electrons. The maximum absolute atomic E-state index is 12.0. The molecule has 0 aromatic heterocycles. The van der Waals surface area contributed by atoms with E-state index in [1.54, 1.807) is 24.3 Å². The second kappa shape index (κ2) is 8.64. The Labute approximate surface area is 131 Å². The molecule has 2 rings (SSSR count). The van der Waals surface area contributed by atoms with Crippen LogP contribution < -0.4 is 16.0 Å². The van der Waals surface area contributed by atoms with E-state index < -0.39 is 0 Å². The zero-order valence-electron chi connectivity index (χ0n) is 12.1. The molecular weight excluding hydrogens is 290 g/mol. The number of carbonyl (C=O) groups excluding carboxylic acids is 2. The van der Waals surface area contributed by atoms with Gasteiger partial charge in [0, 0.05) is 43.2 Å². The van der Waals surface area contributed by atoms with Gasteiger partial charge in [0.1, 0.15) is 0 Å². The molecule has 0 radical (unpaired) electrons. The minimum Gasteiger partial charge on any atom is -0.352 e. The molecule has 3 N–H and O–H groups in total. The molecule has 0 spiro atoms. The summed E-state index contributed by atoms with van der Waals surface area (Å²) < 4.78 is 0. The highest BCUT2D eigenvalue weighted by Crippen LogP contribution is 2.06. The van der Waals surface area contributed by atoms with Gasteiger partial charge in [-0.25, -0.2) is 0 Å². The number of hydrogen-bond donors (Lipinski definition) is 3. The van der Waals surface area contributed by atoms with Crippen LogP contribution in [0.15, 0.2) is 24.3 Å². The van der Waals surface area contributed by atoms with E-state index in [2.05, 4.69) is 16.0 Å². The van der Waals surface area contributed by atoms with Crippen molar-refractivity contribution < 1.29 is 9.59 Å². The first-order valence-electron chi connectivity index (χ1n) is 7.08. The minimum atomic E-state index is -0.135. The maximum Gasteiger partial charge on any atom is 0.251 e. The molecule has 0 unspecified atom stereocenters. The summed E-state index contributed by atoms with van der Waals surface area (Å²) in [7, 11) is 0. The van der Waals surface area contributed by atoms with E-state index in [9.17, 15) is 9.59 Å². The quantitative estimate of drug-likeness (QED) is 0.739. The molecule has 1 heterocycles. The van der Waals surface area contributed by atoms with E-state index in [0.717, 1.165) is 19.5 Å². The molecule has 1 aliphatic heterocycles. The Bertz CT molecular complexity index is 490. The van der Waals surface area contributed by atoms with Crippen LogP contribution in [-0.4, -0.2) is 38.0 Å². The summed E-state index contributed by atoms with van der Waals surface area (Å²) in [6.45, 7) is 5.24. The van der Waals surface area contributed by atoms with E-state index in [1.807, 2.05) is 6.92 Å². The summed E-state index contributed by atoms with van der Waals surface area (Å²) >= 11 is 0. The largest absolute Gasteiger partial charge is 0.352 e. The van der Waals surface area contributed by atoms with Crippen LogP contribution in [0.3, 0.4) is 0 Å². The average molecular weight is 312 g/mol. The molecule has 1 aromatic rings. The summed E-state index contributed by atoms with van der Waals surface area (Å²) in [6, 6.07) is 6.82. The van der Waals surface area contributed by atoms with Gasteiger partial charge in [0.05, 0.1) is 0 Å². The molecule has 1 aromatic carbocycles. The SMILES string of the molecule is CCCNC(=O)c1cccc(C(=O)NCC2CNC2)c1.Cl. The van der Waals surface area contributed by atoms with Gasteiger partial charge >= 0.3 is 0 Å². The topological polar surface area (TPSA) is 70.2 Å². The molecule has 21 heavy (non-hydrogen) atoms. The van der Waals surface area contributed by atoms with Crippen molar-refractivity contribution in [2.75, 3.05) is 26.2 Å².